The number of likely N-dealkylation sites (tertiary alicyclic amines) is 1. The van der Waals surface area contributed by atoms with E-state index < -0.39 is 0 Å². The number of hydrogen-bond acceptors (Lipinski definition) is 3. The van der Waals surface area contributed by atoms with Gasteiger partial charge in [-0.3, -0.25) is 4.90 Å². The van der Waals surface area contributed by atoms with Crippen LogP contribution < -0.4 is 0 Å². The Morgan fingerprint density at radius 1 is 1.67 bits per heavy atom. The second-order valence-electron chi connectivity index (χ2n) is 3.50. The molecule has 0 aromatic carbocycles. The van der Waals surface area contributed by atoms with Gasteiger partial charge in [-0.25, -0.2) is 0 Å². The molecule has 2 unspecified atom stereocenters. The van der Waals surface area contributed by atoms with Gasteiger partial charge < -0.3 is 9.84 Å². The summed E-state index contributed by atoms with van der Waals surface area (Å²) in [6.07, 6.45) is 2.11. The molecule has 1 rings (SSSR count). The largest absolute Gasteiger partial charge is 0.396 e. The maximum Gasteiger partial charge on any atom is 0.0619 e. The molecule has 3 heteroatoms. The number of ether oxygens (including phenoxy) is 1. The number of methoxy groups -OCH3 is 1. The number of hydrogen-bond donors (Lipinski definition) is 1. The molecule has 1 aliphatic heterocycles. The lowest BCUT2D eigenvalue weighted by molar-refractivity contribution is -0.000157. The van der Waals surface area contributed by atoms with E-state index in [2.05, 4.69) is 11.8 Å². The Hall–Kier alpha value is -0.120. The number of aliphatic hydroxyl groups is 1. The average Bonchev–Trinajstić information content (AvgIpc) is 2.03. The maximum atomic E-state index is 8.84. The Bertz CT molecular complexity index is 124. The molecule has 0 bridgehead atoms. The lowest BCUT2D eigenvalue weighted by Gasteiger charge is -2.44. The van der Waals surface area contributed by atoms with Gasteiger partial charge in [0.15, 0.2) is 0 Å². The molecule has 2 atom stereocenters. The molecule has 1 fully saturated rings. The van der Waals surface area contributed by atoms with Crippen molar-refractivity contribution in [2.24, 2.45) is 0 Å². The first kappa shape index (κ1) is 9.96. The molecule has 12 heavy (non-hydrogen) atoms. The first-order valence-electron chi connectivity index (χ1n) is 4.65. The highest BCUT2D eigenvalue weighted by atomic mass is 16.5. The lowest BCUT2D eigenvalue weighted by atomic mass is 10.0. The molecule has 0 radical (unpaired) electrons. The Balaban J connectivity index is 2.30. The molecule has 1 aliphatic rings. The van der Waals surface area contributed by atoms with Gasteiger partial charge in [-0.1, -0.05) is 0 Å². The standard InChI is InChI=1S/C9H19NO2/c1-8-3-5-10(8)9(4-6-11)7-12-2/h8-9,11H,3-7H2,1-2H3. The van der Waals surface area contributed by atoms with Crippen molar-refractivity contribution in [3.8, 4) is 0 Å². The second kappa shape index (κ2) is 4.80. The van der Waals surface area contributed by atoms with E-state index in [1.165, 1.54) is 6.42 Å². The monoisotopic (exact) mass is 173 g/mol. The fourth-order valence-corrected chi connectivity index (χ4v) is 1.77. The van der Waals surface area contributed by atoms with Crippen LogP contribution >= 0.6 is 0 Å². The molecule has 1 heterocycles. The van der Waals surface area contributed by atoms with Gasteiger partial charge in [-0.2, -0.15) is 0 Å². The van der Waals surface area contributed by atoms with Crippen LogP contribution in [0.1, 0.15) is 19.8 Å². The predicted octanol–water partition coefficient (Wildman–Crippen LogP) is 0.478. The number of nitrogens with zero attached hydrogens (tertiary/aromatic N) is 1. The number of aliphatic hydroxyl groups excluding tert-OH is 1. The van der Waals surface area contributed by atoms with Crippen LogP contribution in [0.5, 0.6) is 0 Å². The van der Waals surface area contributed by atoms with Crippen LogP contribution in [0.2, 0.25) is 0 Å². The zero-order valence-corrected chi connectivity index (χ0v) is 7.99. The van der Waals surface area contributed by atoms with E-state index >= 15 is 0 Å². The molecular formula is C9H19NO2. The quantitative estimate of drug-likeness (QED) is 0.656. The number of rotatable bonds is 5. The summed E-state index contributed by atoms with van der Waals surface area (Å²) in [5, 5.41) is 8.84. The van der Waals surface area contributed by atoms with Crippen LogP contribution in [0.3, 0.4) is 0 Å². The van der Waals surface area contributed by atoms with E-state index in [9.17, 15) is 0 Å². The summed E-state index contributed by atoms with van der Waals surface area (Å²) in [5.41, 5.74) is 0. The molecule has 1 N–H and O–H groups in total. The van der Waals surface area contributed by atoms with Gasteiger partial charge in [-0.15, -0.1) is 0 Å². The van der Waals surface area contributed by atoms with Crippen molar-refractivity contribution in [1.82, 2.24) is 4.90 Å². The van der Waals surface area contributed by atoms with Crippen molar-refractivity contribution >= 4 is 0 Å². The van der Waals surface area contributed by atoms with Crippen LogP contribution in [0.15, 0.2) is 0 Å². The topological polar surface area (TPSA) is 32.7 Å². The Labute approximate surface area is 74.3 Å². The SMILES string of the molecule is COCC(CCO)N1CCC1C. The van der Waals surface area contributed by atoms with Gasteiger partial charge >= 0.3 is 0 Å². The molecule has 3 nitrogen and oxygen atoms in total. The average molecular weight is 173 g/mol. The summed E-state index contributed by atoms with van der Waals surface area (Å²) < 4.78 is 5.11. The van der Waals surface area contributed by atoms with E-state index in [0.717, 1.165) is 19.6 Å². The van der Waals surface area contributed by atoms with Crippen LogP contribution in [-0.2, 0) is 4.74 Å². The maximum absolute atomic E-state index is 8.84. The van der Waals surface area contributed by atoms with Crippen molar-refractivity contribution in [2.75, 3.05) is 26.9 Å². The first-order valence-corrected chi connectivity index (χ1v) is 4.65. The molecule has 0 aliphatic carbocycles. The van der Waals surface area contributed by atoms with Gasteiger partial charge in [0.25, 0.3) is 0 Å². The Morgan fingerprint density at radius 3 is 2.75 bits per heavy atom. The summed E-state index contributed by atoms with van der Waals surface area (Å²) in [5.74, 6) is 0. The Kier molecular flexibility index (Phi) is 3.98. The normalized spacial score (nSPS) is 26.8. The second-order valence-corrected chi connectivity index (χ2v) is 3.50. The highest BCUT2D eigenvalue weighted by Crippen LogP contribution is 2.21. The zero-order valence-electron chi connectivity index (χ0n) is 7.99. The lowest BCUT2D eigenvalue weighted by Crippen LogP contribution is -2.53. The summed E-state index contributed by atoms with van der Waals surface area (Å²) in [6, 6.07) is 1.10. The molecule has 0 spiro atoms. The molecule has 72 valence electrons. The van der Waals surface area contributed by atoms with E-state index in [1.54, 1.807) is 7.11 Å². The summed E-state index contributed by atoms with van der Waals surface area (Å²) >= 11 is 0. The van der Waals surface area contributed by atoms with Crippen molar-refractivity contribution in [2.45, 2.75) is 31.8 Å². The minimum atomic E-state index is 0.261. The Morgan fingerprint density at radius 2 is 2.42 bits per heavy atom. The summed E-state index contributed by atoms with van der Waals surface area (Å²) in [7, 11) is 1.72. The molecular weight excluding hydrogens is 154 g/mol. The molecule has 0 aromatic heterocycles. The molecule has 0 aromatic rings. The van der Waals surface area contributed by atoms with Gasteiger partial charge in [-0.05, 0) is 19.8 Å². The van der Waals surface area contributed by atoms with Crippen molar-refractivity contribution < 1.29 is 9.84 Å². The van der Waals surface area contributed by atoms with Crippen LogP contribution in [0, 0.1) is 0 Å². The summed E-state index contributed by atoms with van der Waals surface area (Å²) in [4.78, 5) is 2.40. The summed E-state index contributed by atoms with van der Waals surface area (Å²) in [6.45, 7) is 4.39. The third-order valence-corrected chi connectivity index (χ3v) is 2.66. The van der Waals surface area contributed by atoms with Crippen LogP contribution in [-0.4, -0.2) is 49.0 Å². The first-order chi connectivity index (χ1) is 5.79. The van der Waals surface area contributed by atoms with Gasteiger partial charge in [0, 0.05) is 32.3 Å². The fourth-order valence-electron chi connectivity index (χ4n) is 1.77. The third kappa shape index (κ3) is 2.19. The van der Waals surface area contributed by atoms with E-state index in [4.69, 9.17) is 9.84 Å². The third-order valence-electron chi connectivity index (χ3n) is 2.66. The smallest absolute Gasteiger partial charge is 0.0619 e. The highest BCUT2D eigenvalue weighted by Gasteiger charge is 2.29. The van der Waals surface area contributed by atoms with E-state index in [0.29, 0.717) is 12.1 Å². The van der Waals surface area contributed by atoms with Crippen LogP contribution in [0.25, 0.3) is 0 Å². The van der Waals surface area contributed by atoms with Gasteiger partial charge in [0.1, 0.15) is 0 Å². The predicted molar refractivity (Wildman–Crippen MR) is 48.2 cm³/mol. The van der Waals surface area contributed by atoms with Crippen molar-refractivity contribution in [1.29, 1.82) is 0 Å². The molecule has 1 saturated heterocycles. The van der Waals surface area contributed by atoms with Gasteiger partial charge in [0.2, 0.25) is 0 Å². The van der Waals surface area contributed by atoms with E-state index in [1.807, 2.05) is 0 Å². The molecule has 0 saturated carbocycles. The van der Waals surface area contributed by atoms with Gasteiger partial charge in [0.05, 0.1) is 6.61 Å². The highest BCUT2D eigenvalue weighted by molar-refractivity contribution is 4.84. The van der Waals surface area contributed by atoms with Crippen LogP contribution in [0.4, 0.5) is 0 Å². The molecule has 0 amide bonds. The van der Waals surface area contributed by atoms with Crippen molar-refractivity contribution in [3.05, 3.63) is 0 Å². The van der Waals surface area contributed by atoms with Crippen molar-refractivity contribution in [3.63, 3.8) is 0 Å². The minimum Gasteiger partial charge on any atom is -0.396 e. The van der Waals surface area contributed by atoms with E-state index in [-0.39, 0.29) is 6.61 Å². The fraction of sp³-hybridized carbons (Fsp3) is 1.00. The zero-order chi connectivity index (χ0) is 8.97. The minimum absolute atomic E-state index is 0.261.